The molecule has 1 aliphatic heterocycles. The number of piperazine rings is 1. The smallest absolute Gasteiger partial charge is 0.240 e. The van der Waals surface area contributed by atoms with Gasteiger partial charge in [0.05, 0.1) is 27.4 Å². The van der Waals surface area contributed by atoms with Gasteiger partial charge in [0.2, 0.25) is 11.8 Å². The molecule has 0 spiro atoms. The third-order valence-corrected chi connectivity index (χ3v) is 5.45. The van der Waals surface area contributed by atoms with Crippen molar-refractivity contribution in [2.75, 3.05) is 52.4 Å². The van der Waals surface area contributed by atoms with Crippen molar-refractivity contribution in [3.8, 4) is 17.4 Å². The zero-order valence-electron chi connectivity index (χ0n) is 19.1. The number of guanidine groups is 1. The highest BCUT2D eigenvalue weighted by atomic mass is 16.5. The van der Waals surface area contributed by atoms with Crippen LogP contribution in [0.5, 0.6) is 17.4 Å². The molecule has 10 nitrogen and oxygen atoms in total. The van der Waals surface area contributed by atoms with Crippen LogP contribution in [0.1, 0.15) is 24.3 Å². The Bertz CT molecular complexity index is 936. The molecule has 0 aliphatic carbocycles. The number of methoxy groups -OCH3 is 3. The SMILES string of the molecule is COc1cc(OC)cc(N2CCN(C(=Nc3cc(C(C)O)c(C)nc3OC)NO)CC2)c1. The van der Waals surface area contributed by atoms with Gasteiger partial charge in [0.1, 0.15) is 17.2 Å². The van der Waals surface area contributed by atoms with Gasteiger partial charge in [-0.3, -0.25) is 5.21 Å². The van der Waals surface area contributed by atoms with Gasteiger partial charge in [-0.15, -0.1) is 0 Å². The molecule has 3 N–H and O–H groups in total. The molecule has 1 aliphatic rings. The Morgan fingerprint density at radius 3 is 2.16 bits per heavy atom. The normalized spacial score (nSPS) is 15.4. The average molecular weight is 446 g/mol. The maximum absolute atomic E-state index is 10.0. The van der Waals surface area contributed by atoms with E-state index in [0.717, 1.165) is 17.2 Å². The maximum atomic E-state index is 10.0. The van der Waals surface area contributed by atoms with Crippen LogP contribution in [0.15, 0.2) is 29.3 Å². The Kier molecular flexibility index (Phi) is 7.60. The van der Waals surface area contributed by atoms with Crippen molar-refractivity contribution < 1.29 is 24.5 Å². The maximum Gasteiger partial charge on any atom is 0.240 e. The summed E-state index contributed by atoms with van der Waals surface area (Å²) < 4.78 is 16.1. The highest BCUT2D eigenvalue weighted by Gasteiger charge is 2.22. The van der Waals surface area contributed by atoms with Crippen molar-refractivity contribution >= 4 is 17.3 Å². The first-order valence-corrected chi connectivity index (χ1v) is 10.4. The number of hydroxylamine groups is 1. The molecule has 3 rings (SSSR count). The summed E-state index contributed by atoms with van der Waals surface area (Å²) in [5, 5.41) is 19.8. The summed E-state index contributed by atoms with van der Waals surface area (Å²) in [6.07, 6.45) is -0.698. The molecular weight excluding hydrogens is 414 g/mol. The van der Waals surface area contributed by atoms with E-state index in [-0.39, 0.29) is 5.96 Å². The van der Waals surface area contributed by atoms with Crippen molar-refractivity contribution in [3.05, 3.63) is 35.5 Å². The summed E-state index contributed by atoms with van der Waals surface area (Å²) in [5.74, 6) is 2.07. The van der Waals surface area contributed by atoms with E-state index in [1.54, 1.807) is 34.1 Å². The molecule has 1 aromatic carbocycles. The van der Waals surface area contributed by atoms with E-state index in [9.17, 15) is 10.3 Å². The fourth-order valence-corrected chi connectivity index (χ4v) is 3.67. The van der Waals surface area contributed by atoms with E-state index in [2.05, 4.69) is 20.4 Å². The van der Waals surface area contributed by atoms with Crippen LogP contribution in [-0.2, 0) is 0 Å². The van der Waals surface area contributed by atoms with Gasteiger partial charge in [0.25, 0.3) is 0 Å². The van der Waals surface area contributed by atoms with Crippen LogP contribution in [0.4, 0.5) is 11.4 Å². The molecule has 2 heterocycles. The van der Waals surface area contributed by atoms with Gasteiger partial charge in [-0.25, -0.2) is 15.5 Å². The minimum absolute atomic E-state index is 0.286. The number of aromatic nitrogens is 1. The third-order valence-electron chi connectivity index (χ3n) is 5.45. The fourth-order valence-electron chi connectivity index (χ4n) is 3.67. The van der Waals surface area contributed by atoms with Crippen LogP contribution >= 0.6 is 0 Å². The Morgan fingerprint density at radius 1 is 1.03 bits per heavy atom. The number of hydrogen-bond donors (Lipinski definition) is 3. The molecule has 10 heteroatoms. The Labute approximate surface area is 188 Å². The van der Waals surface area contributed by atoms with E-state index in [1.165, 1.54) is 7.11 Å². The lowest BCUT2D eigenvalue weighted by atomic mass is 10.1. The van der Waals surface area contributed by atoms with Crippen molar-refractivity contribution in [3.63, 3.8) is 0 Å². The number of hydrogen-bond acceptors (Lipinski definition) is 8. The van der Waals surface area contributed by atoms with E-state index in [0.29, 0.717) is 49.0 Å². The number of nitrogens with zero attached hydrogens (tertiary/aromatic N) is 4. The zero-order chi connectivity index (χ0) is 23.3. The second kappa shape index (κ2) is 10.4. The number of aliphatic imine (C=N–C) groups is 1. The topological polar surface area (TPSA) is 112 Å². The Balaban J connectivity index is 1.80. The summed E-state index contributed by atoms with van der Waals surface area (Å²) >= 11 is 0. The predicted molar refractivity (Wildman–Crippen MR) is 122 cm³/mol. The quantitative estimate of drug-likeness (QED) is 0.350. The Hall–Kier alpha value is -3.24. The van der Waals surface area contributed by atoms with Crippen molar-refractivity contribution in [2.24, 2.45) is 4.99 Å². The molecule has 1 fully saturated rings. The first kappa shape index (κ1) is 23.4. The van der Waals surface area contributed by atoms with Crippen LogP contribution in [0.2, 0.25) is 0 Å². The molecule has 1 unspecified atom stereocenters. The average Bonchev–Trinajstić information content (AvgIpc) is 2.82. The number of nitrogens with one attached hydrogen (secondary N) is 1. The molecule has 1 atom stereocenters. The molecule has 1 saturated heterocycles. The second-order valence-corrected chi connectivity index (χ2v) is 7.46. The van der Waals surface area contributed by atoms with Crippen molar-refractivity contribution in [1.29, 1.82) is 0 Å². The van der Waals surface area contributed by atoms with Crippen LogP contribution < -0.4 is 24.6 Å². The first-order chi connectivity index (χ1) is 15.4. The van der Waals surface area contributed by atoms with Crippen LogP contribution in [0, 0.1) is 6.92 Å². The number of ether oxygens (including phenoxy) is 3. The lowest BCUT2D eigenvalue weighted by Gasteiger charge is -2.37. The molecule has 32 heavy (non-hydrogen) atoms. The molecule has 0 radical (unpaired) electrons. The number of aliphatic hydroxyl groups excluding tert-OH is 1. The Morgan fingerprint density at radius 2 is 1.66 bits per heavy atom. The summed E-state index contributed by atoms with van der Waals surface area (Å²) in [6, 6.07) is 7.50. The van der Waals surface area contributed by atoms with Gasteiger partial charge >= 0.3 is 0 Å². The monoisotopic (exact) mass is 445 g/mol. The van der Waals surface area contributed by atoms with Gasteiger partial charge in [0.15, 0.2) is 0 Å². The van der Waals surface area contributed by atoms with Gasteiger partial charge in [0, 0.05) is 61.3 Å². The fraction of sp³-hybridized carbons (Fsp3) is 0.455. The van der Waals surface area contributed by atoms with Crippen LogP contribution in [0.25, 0.3) is 0 Å². The summed E-state index contributed by atoms with van der Waals surface area (Å²) in [4.78, 5) is 13.1. The van der Waals surface area contributed by atoms with E-state index in [4.69, 9.17) is 14.2 Å². The molecule has 1 aromatic heterocycles. The van der Waals surface area contributed by atoms with E-state index < -0.39 is 6.10 Å². The zero-order valence-corrected chi connectivity index (χ0v) is 19.1. The van der Waals surface area contributed by atoms with E-state index in [1.807, 2.05) is 23.1 Å². The van der Waals surface area contributed by atoms with Crippen LogP contribution in [-0.4, -0.2) is 73.7 Å². The molecule has 0 amide bonds. The van der Waals surface area contributed by atoms with Crippen molar-refractivity contribution in [2.45, 2.75) is 20.0 Å². The number of benzene rings is 1. The highest BCUT2D eigenvalue weighted by molar-refractivity contribution is 5.83. The molecule has 0 saturated carbocycles. The minimum atomic E-state index is -0.698. The summed E-state index contributed by atoms with van der Waals surface area (Å²) in [5.41, 5.74) is 4.94. The van der Waals surface area contributed by atoms with Gasteiger partial charge in [-0.2, -0.15) is 0 Å². The molecule has 174 valence electrons. The number of rotatable bonds is 6. The second-order valence-electron chi connectivity index (χ2n) is 7.46. The van der Waals surface area contributed by atoms with Gasteiger partial charge in [-0.05, 0) is 19.9 Å². The van der Waals surface area contributed by atoms with Gasteiger partial charge < -0.3 is 29.1 Å². The first-order valence-electron chi connectivity index (χ1n) is 10.4. The van der Waals surface area contributed by atoms with Crippen LogP contribution in [0.3, 0.4) is 0 Å². The number of aliphatic hydroxyl groups is 1. The number of anilines is 1. The number of aryl methyl sites for hydroxylation is 1. The summed E-state index contributed by atoms with van der Waals surface area (Å²) in [7, 11) is 4.77. The minimum Gasteiger partial charge on any atom is -0.497 e. The standard InChI is InChI=1S/C22H31N5O5/c1-14-19(15(2)28)13-20(21(23-14)32-5)24-22(25-29)27-8-6-26(7-9-27)16-10-17(30-3)12-18(11-16)31-4/h10-13,15,28-29H,6-9H2,1-5H3,(H,24,25). The number of pyridine rings is 1. The molecule has 0 bridgehead atoms. The predicted octanol–water partition coefficient (Wildman–Crippen LogP) is 2.26. The molecule has 2 aromatic rings. The molecular formula is C22H31N5O5. The largest absolute Gasteiger partial charge is 0.497 e. The third kappa shape index (κ3) is 5.14. The van der Waals surface area contributed by atoms with Gasteiger partial charge in [-0.1, -0.05) is 0 Å². The lowest BCUT2D eigenvalue weighted by Crippen LogP contribution is -2.52. The lowest BCUT2D eigenvalue weighted by molar-refractivity contribution is 0.198. The van der Waals surface area contributed by atoms with Crippen molar-refractivity contribution in [1.82, 2.24) is 15.4 Å². The highest BCUT2D eigenvalue weighted by Crippen LogP contribution is 2.31. The summed E-state index contributed by atoms with van der Waals surface area (Å²) in [6.45, 7) is 6.13. The van der Waals surface area contributed by atoms with E-state index >= 15 is 0 Å².